The summed E-state index contributed by atoms with van der Waals surface area (Å²) in [5.74, 6) is -6.05. The van der Waals surface area contributed by atoms with Crippen molar-refractivity contribution >= 4 is 5.91 Å². The number of nitrogens with one attached hydrogen (secondary N) is 2. The van der Waals surface area contributed by atoms with Crippen molar-refractivity contribution in [3.8, 4) is 11.3 Å². The molecule has 3 aromatic rings. The first-order valence-corrected chi connectivity index (χ1v) is 9.79. The Bertz CT molecular complexity index is 1130. The number of hydrogen-bond acceptors (Lipinski definition) is 3. The summed E-state index contributed by atoms with van der Waals surface area (Å²) in [7, 11) is 1.72. The summed E-state index contributed by atoms with van der Waals surface area (Å²) >= 11 is 0. The van der Waals surface area contributed by atoms with Crippen LogP contribution >= 0.6 is 0 Å². The third-order valence-electron chi connectivity index (χ3n) is 5.59. The van der Waals surface area contributed by atoms with Gasteiger partial charge in [-0.1, -0.05) is 12.1 Å². The minimum Gasteiger partial charge on any atom is -0.347 e. The normalized spacial score (nSPS) is 18.7. The third-order valence-corrected chi connectivity index (χ3v) is 5.59. The average molecular weight is 432 g/mol. The number of nitrogens with zero attached hydrogens (tertiary/aromatic N) is 2. The molecule has 9 heteroatoms. The Hall–Kier alpha value is -3.20. The summed E-state index contributed by atoms with van der Waals surface area (Å²) in [6.45, 7) is 0.798. The number of aromatic nitrogens is 2. The van der Waals surface area contributed by atoms with E-state index < -0.39 is 41.1 Å². The predicted molar refractivity (Wildman–Crippen MR) is 106 cm³/mol. The fourth-order valence-electron chi connectivity index (χ4n) is 3.97. The predicted octanol–water partition coefficient (Wildman–Crippen LogP) is 3.52. The quantitative estimate of drug-likeness (QED) is 0.490. The van der Waals surface area contributed by atoms with Crippen LogP contribution in [0.3, 0.4) is 0 Å². The van der Waals surface area contributed by atoms with Crippen molar-refractivity contribution in [3.05, 3.63) is 77.0 Å². The van der Waals surface area contributed by atoms with Crippen molar-refractivity contribution in [1.82, 2.24) is 20.4 Å². The molecule has 31 heavy (non-hydrogen) atoms. The largest absolute Gasteiger partial charge is 0.347 e. The minimum atomic E-state index is -1.54. The molecule has 5 nitrogen and oxygen atoms in total. The van der Waals surface area contributed by atoms with Gasteiger partial charge in [0.15, 0.2) is 17.5 Å². The maximum absolute atomic E-state index is 14.7. The van der Waals surface area contributed by atoms with Crippen LogP contribution in [0.2, 0.25) is 0 Å². The first kappa shape index (κ1) is 21.0. The van der Waals surface area contributed by atoms with E-state index in [1.807, 2.05) is 0 Å². The molecule has 4 rings (SSSR count). The fourth-order valence-corrected chi connectivity index (χ4v) is 3.97. The van der Waals surface area contributed by atoms with Crippen LogP contribution in [-0.2, 0) is 7.05 Å². The summed E-state index contributed by atoms with van der Waals surface area (Å²) in [5, 5.41) is 9.83. The Labute approximate surface area is 176 Å². The van der Waals surface area contributed by atoms with Crippen LogP contribution in [0.4, 0.5) is 17.6 Å². The first-order chi connectivity index (χ1) is 14.9. The van der Waals surface area contributed by atoms with E-state index in [0.717, 1.165) is 6.07 Å². The topological polar surface area (TPSA) is 59.0 Å². The van der Waals surface area contributed by atoms with E-state index in [0.29, 0.717) is 24.2 Å². The van der Waals surface area contributed by atoms with Crippen LogP contribution in [-0.4, -0.2) is 34.8 Å². The maximum Gasteiger partial charge on any atom is 0.254 e. The van der Waals surface area contributed by atoms with Gasteiger partial charge >= 0.3 is 0 Å². The number of benzene rings is 2. The van der Waals surface area contributed by atoms with Crippen LogP contribution in [0.1, 0.15) is 28.3 Å². The number of aryl methyl sites for hydroxylation is 1. The molecule has 2 heterocycles. The maximum atomic E-state index is 14.7. The number of hydrogen-bond donors (Lipinski definition) is 2. The van der Waals surface area contributed by atoms with Crippen LogP contribution in [0.15, 0.2) is 42.6 Å². The SMILES string of the molecule is Cn1nccc1-c1ccc(C(=O)N[C@@H]2CNCC[C@H]2c2ccc(F)c(F)c2F)c(F)c1. The Kier molecular flexibility index (Phi) is 5.77. The summed E-state index contributed by atoms with van der Waals surface area (Å²) in [6, 6.07) is 7.38. The lowest BCUT2D eigenvalue weighted by Crippen LogP contribution is -2.50. The van der Waals surface area contributed by atoms with Gasteiger partial charge in [0.25, 0.3) is 5.91 Å². The van der Waals surface area contributed by atoms with Crippen molar-refractivity contribution in [2.45, 2.75) is 18.4 Å². The van der Waals surface area contributed by atoms with Gasteiger partial charge in [-0.05, 0) is 42.8 Å². The number of carbonyl (C=O) groups excluding carboxylic acids is 1. The molecule has 162 valence electrons. The van der Waals surface area contributed by atoms with Gasteiger partial charge in [0, 0.05) is 37.3 Å². The molecule has 0 unspecified atom stereocenters. The molecule has 1 aliphatic heterocycles. The van der Waals surface area contributed by atoms with Gasteiger partial charge in [-0.2, -0.15) is 5.10 Å². The molecular weight excluding hydrogens is 412 g/mol. The van der Waals surface area contributed by atoms with Crippen LogP contribution < -0.4 is 10.6 Å². The molecule has 2 N–H and O–H groups in total. The highest BCUT2D eigenvalue weighted by Gasteiger charge is 2.32. The molecule has 0 spiro atoms. The van der Waals surface area contributed by atoms with Crippen molar-refractivity contribution < 1.29 is 22.4 Å². The third kappa shape index (κ3) is 4.05. The van der Waals surface area contributed by atoms with Crippen LogP contribution in [0, 0.1) is 23.3 Å². The molecule has 1 saturated heterocycles. The lowest BCUT2D eigenvalue weighted by atomic mass is 9.85. The van der Waals surface area contributed by atoms with Crippen LogP contribution in [0.25, 0.3) is 11.3 Å². The monoisotopic (exact) mass is 432 g/mol. The Morgan fingerprint density at radius 2 is 1.90 bits per heavy atom. The Morgan fingerprint density at radius 3 is 2.61 bits per heavy atom. The van der Waals surface area contributed by atoms with Gasteiger partial charge < -0.3 is 10.6 Å². The standard InChI is InChI=1S/C22H20F4N4O/c1-30-19(7-9-28-30)12-2-3-15(17(24)10-12)22(31)29-18-11-27-8-6-13(18)14-4-5-16(23)21(26)20(14)25/h2-5,7,9-10,13,18,27H,6,8,11H2,1H3,(H,29,31)/t13-,18+/m0/s1. The molecule has 2 aromatic carbocycles. The van der Waals surface area contributed by atoms with Crippen molar-refractivity contribution in [2.24, 2.45) is 7.05 Å². The highest BCUT2D eigenvalue weighted by atomic mass is 19.2. The van der Waals surface area contributed by atoms with Crippen molar-refractivity contribution in [3.63, 3.8) is 0 Å². The molecule has 1 aliphatic rings. The second-order valence-electron chi connectivity index (χ2n) is 7.48. The molecule has 0 saturated carbocycles. The molecular formula is C22H20F4N4O. The highest BCUT2D eigenvalue weighted by Crippen LogP contribution is 2.30. The Balaban J connectivity index is 1.57. The van der Waals surface area contributed by atoms with E-state index >= 15 is 0 Å². The summed E-state index contributed by atoms with van der Waals surface area (Å²) < 4.78 is 57.7. The molecule has 0 bridgehead atoms. The molecule has 1 fully saturated rings. The Morgan fingerprint density at radius 1 is 1.10 bits per heavy atom. The van der Waals surface area contributed by atoms with E-state index in [4.69, 9.17) is 0 Å². The van der Waals surface area contributed by atoms with Crippen molar-refractivity contribution in [2.75, 3.05) is 13.1 Å². The smallest absolute Gasteiger partial charge is 0.254 e. The average Bonchev–Trinajstić information content (AvgIpc) is 3.18. The van der Waals surface area contributed by atoms with E-state index in [9.17, 15) is 22.4 Å². The van der Waals surface area contributed by atoms with Gasteiger partial charge in [-0.25, -0.2) is 17.6 Å². The number of rotatable bonds is 4. The zero-order valence-corrected chi connectivity index (χ0v) is 16.6. The van der Waals surface area contributed by atoms with Gasteiger partial charge in [-0.3, -0.25) is 9.48 Å². The molecule has 0 aliphatic carbocycles. The lowest BCUT2D eigenvalue weighted by Gasteiger charge is -2.33. The number of carbonyl (C=O) groups is 1. The molecule has 0 radical (unpaired) electrons. The van der Waals surface area contributed by atoms with Gasteiger partial charge in [0.05, 0.1) is 11.3 Å². The zero-order valence-electron chi connectivity index (χ0n) is 16.6. The minimum absolute atomic E-state index is 0.0160. The summed E-state index contributed by atoms with van der Waals surface area (Å²) in [5.41, 5.74) is 1.07. The summed E-state index contributed by atoms with van der Waals surface area (Å²) in [4.78, 5) is 12.8. The summed E-state index contributed by atoms with van der Waals surface area (Å²) in [6.07, 6.45) is 1.98. The van der Waals surface area contributed by atoms with Gasteiger partial charge in [0.2, 0.25) is 0 Å². The number of amides is 1. The number of halogens is 4. The van der Waals surface area contributed by atoms with Crippen LogP contribution in [0.5, 0.6) is 0 Å². The zero-order chi connectivity index (χ0) is 22.1. The second kappa shape index (κ2) is 8.50. The van der Waals surface area contributed by atoms with Crippen molar-refractivity contribution in [1.29, 1.82) is 0 Å². The second-order valence-corrected chi connectivity index (χ2v) is 7.48. The highest BCUT2D eigenvalue weighted by molar-refractivity contribution is 5.95. The van der Waals surface area contributed by atoms with Gasteiger partial charge in [0.1, 0.15) is 5.82 Å². The van der Waals surface area contributed by atoms with E-state index in [1.165, 1.54) is 18.2 Å². The number of piperidine rings is 1. The molecule has 1 amide bonds. The van der Waals surface area contributed by atoms with E-state index in [-0.39, 0.29) is 17.7 Å². The van der Waals surface area contributed by atoms with E-state index in [1.54, 1.807) is 30.1 Å². The fraction of sp³-hybridized carbons (Fsp3) is 0.273. The van der Waals surface area contributed by atoms with Gasteiger partial charge in [-0.15, -0.1) is 0 Å². The molecule has 1 aromatic heterocycles. The van der Waals surface area contributed by atoms with E-state index in [2.05, 4.69) is 15.7 Å². The first-order valence-electron chi connectivity index (χ1n) is 9.79. The lowest BCUT2D eigenvalue weighted by molar-refractivity contribution is 0.0919. The molecule has 2 atom stereocenters.